The van der Waals surface area contributed by atoms with Crippen LogP contribution in [-0.4, -0.2) is 8.41 Å². The van der Waals surface area contributed by atoms with Gasteiger partial charge >= 0.3 is 0 Å². The van der Waals surface area contributed by atoms with Crippen molar-refractivity contribution >= 4 is 27.6 Å². The molecule has 2 rings (SSSR count). The zero-order valence-corrected chi connectivity index (χ0v) is 10.1. The Balaban J connectivity index is 0.00000128. The summed E-state index contributed by atoms with van der Waals surface area (Å²) in [7, 11) is 0.769. The molecule has 0 aliphatic rings. The topological polar surface area (TPSA) is 0 Å². The summed E-state index contributed by atoms with van der Waals surface area (Å²) < 4.78 is 0. The first-order valence-corrected chi connectivity index (χ1v) is 6.14. The Labute approximate surface area is 101 Å². The monoisotopic (exact) mass is 228 g/mol. The van der Waals surface area contributed by atoms with Gasteiger partial charge < -0.3 is 0 Å². The van der Waals surface area contributed by atoms with E-state index in [1.807, 2.05) is 0 Å². The smallest absolute Gasteiger partial charge is 0.0591 e. The van der Waals surface area contributed by atoms with Crippen LogP contribution in [0.25, 0.3) is 0 Å². The van der Waals surface area contributed by atoms with Crippen LogP contribution in [0.15, 0.2) is 48.5 Å². The van der Waals surface area contributed by atoms with Gasteiger partial charge in [0, 0.05) is 0 Å². The van der Waals surface area contributed by atoms with Crippen molar-refractivity contribution in [2.45, 2.75) is 13.8 Å². The lowest BCUT2D eigenvalue weighted by Gasteiger charge is -2.03. The highest BCUT2D eigenvalue weighted by Gasteiger charge is 1.95. The summed E-state index contributed by atoms with van der Waals surface area (Å²) in [6.45, 7) is 4.25. The van der Waals surface area contributed by atoms with E-state index >= 15 is 0 Å². The second-order valence-electron chi connectivity index (χ2n) is 3.86. The molecule has 2 heteroatoms. The molecule has 0 unspecified atom stereocenters. The van der Waals surface area contributed by atoms with E-state index in [0.717, 1.165) is 8.58 Å². The van der Waals surface area contributed by atoms with Crippen molar-refractivity contribution in [3.8, 4) is 0 Å². The van der Waals surface area contributed by atoms with E-state index in [0.29, 0.717) is 0 Å². The average Bonchev–Trinajstić information content (AvgIpc) is 2.25. The van der Waals surface area contributed by atoms with E-state index in [2.05, 4.69) is 62.4 Å². The van der Waals surface area contributed by atoms with Gasteiger partial charge in [-0.3, -0.25) is 0 Å². The number of rotatable bonds is 2. The van der Waals surface area contributed by atoms with Gasteiger partial charge in [0.2, 0.25) is 0 Å². The van der Waals surface area contributed by atoms with Gasteiger partial charge in [-0.2, -0.15) is 0 Å². The van der Waals surface area contributed by atoms with Crippen LogP contribution in [0.2, 0.25) is 0 Å². The normalized spacial score (nSPS) is 9.62. The van der Waals surface area contributed by atoms with E-state index in [1.54, 1.807) is 0 Å². The minimum Gasteiger partial charge on any atom is -0.0591 e. The Bertz CT molecular complexity index is 388. The zero-order chi connectivity index (χ0) is 10.7. The first kappa shape index (κ1) is 13.0. The number of hydrogen-bond acceptors (Lipinski definition) is 0. The molecular weight excluding hydrogens is 210 g/mol. The standard InChI is InChI=1S/C14H15P.BH3/c1-11-3-7-13(8-4-11)15-14-9-5-12(2)6-10-14;/h3-10,15H,1-2H3;1H3. The van der Waals surface area contributed by atoms with Crippen molar-refractivity contribution in [3.05, 3.63) is 59.7 Å². The molecule has 0 aliphatic carbocycles. The molecule has 0 aromatic heterocycles. The highest BCUT2D eigenvalue weighted by atomic mass is 31.1. The van der Waals surface area contributed by atoms with Gasteiger partial charge in [-0.25, -0.2) is 0 Å². The molecule has 0 saturated carbocycles. The molecule has 0 radical (unpaired) electrons. The van der Waals surface area contributed by atoms with Crippen molar-refractivity contribution in [2.24, 2.45) is 0 Å². The van der Waals surface area contributed by atoms with Crippen molar-refractivity contribution in [2.75, 3.05) is 0 Å². The van der Waals surface area contributed by atoms with E-state index in [9.17, 15) is 0 Å². The SMILES string of the molecule is B.Cc1ccc(Pc2ccc(C)cc2)cc1. The highest BCUT2D eigenvalue weighted by Crippen LogP contribution is 2.11. The molecule has 2 aromatic carbocycles. The van der Waals surface area contributed by atoms with Gasteiger partial charge in [-0.15, -0.1) is 0 Å². The van der Waals surface area contributed by atoms with Crippen molar-refractivity contribution in [1.82, 2.24) is 0 Å². The Kier molecular flexibility index (Phi) is 4.77. The molecule has 0 amide bonds. The van der Waals surface area contributed by atoms with Crippen LogP contribution >= 0.6 is 8.58 Å². The van der Waals surface area contributed by atoms with Crippen LogP contribution in [0.5, 0.6) is 0 Å². The minimum absolute atomic E-state index is 0. The maximum atomic E-state index is 2.22. The third-order valence-corrected chi connectivity index (χ3v) is 3.64. The van der Waals surface area contributed by atoms with Gasteiger partial charge in [0.1, 0.15) is 0 Å². The van der Waals surface area contributed by atoms with Crippen molar-refractivity contribution in [3.63, 3.8) is 0 Å². The first-order valence-electron chi connectivity index (χ1n) is 5.14. The summed E-state index contributed by atoms with van der Waals surface area (Å²) in [5.41, 5.74) is 2.65. The molecule has 0 fully saturated rings. The van der Waals surface area contributed by atoms with E-state index < -0.39 is 0 Å². The molecule has 0 N–H and O–H groups in total. The second kappa shape index (κ2) is 5.87. The Morgan fingerprint density at radius 3 is 1.25 bits per heavy atom. The maximum Gasteiger partial charge on any atom is 0.0814 e. The summed E-state index contributed by atoms with van der Waals surface area (Å²) >= 11 is 0. The van der Waals surface area contributed by atoms with Crippen LogP contribution in [0.4, 0.5) is 0 Å². The quantitative estimate of drug-likeness (QED) is 0.542. The zero-order valence-electron chi connectivity index (χ0n) is 9.12. The predicted octanol–water partition coefficient (Wildman–Crippen LogP) is 1.75. The van der Waals surface area contributed by atoms with Crippen LogP contribution in [0.3, 0.4) is 0 Å². The lowest BCUT2D eigenvalue weighted by molar-refractivity contribution is 1.49. The third-order valence-electron chi connectivity index (χ3n) is 2.39. The third kappa shape index (κ3) is 3.50. The average molecular weight is 228 g/mol. The van der Waals surface area contributed by atoms with Crippen LogP contribution in [0.1, 0.15) is 11.1 Å². The molecular formula is C14H18BP. The fraction of sp³-hybridized carbons (Fsp3) is 0.143. The Morgan fingerprint density at radius 1 is 0.625 bits per heavy atom. The molecule has 82 valence electrons. The molecule has 2 aromatic rings. The molecule has 0 spiro atoms. The lowest BCUT2D eigenvalue weighted by atomic mass is 10.2. The van der Waals surface area contributed by atoms with Gasteiger partial charge in [-0.1, -0.05) is 68.2 Å². The van der Waals surface area contributed by atoms with Gasteiger partial charge in [0.15, 0.2) is 0 Å². The molecule has 0 atom stereocenters. The molecule has 0 saturated heterocycles. The summed E-state index contributed by atoms with van der Waals surface area (Å²) in [6, 6.07) is 17.6. The summed E-state index contributed by atoms with van der Waals surface area (Å²) in [6.07, 6.45) is 0. The molecule has 0 aliphatic heterocycles. The van der Waals surface area contributed by atoms with Crippen molar-refractivity contribution < 1.29 is 0 Å². The van der Waals surface area contributed by atoms with Gasteiger partial charge in [0.25, 0.3) is 0 Å². The fourth-order valence-corrected chi connectivity index (χ4v) is 2.44. The Hall–Kier alpha value is -1.07. The summed E-state index contributed by atoms with van der Waals surface area (Å²) in [4.78, 5) is 0. The summed E-state index contributed by atoms with van der Waals surface area (Å²) in [5, 5.41) is 2.81. The molecule has 0 heterocycles. The van der Waals surface area contributed by atoms with Crippen LogP contribution < -0.4 is 10.6 Å². The van der Waals surface area contributed by atoms with E-state index in [4.69, 9.17) is 0 Å². The number of hydrogen-bond donors (Lipinski definition) is 0. The first-order chi connectivity index (χ1) is 7.24. The van der Waals surface area contributed by atoms with Gasteiger partial charge in [-0.05, 0) is 24.5 Å². The Morgan fingerprint density at radius 2 is 0.938 bits per heavy atom. The van der Waals surface area contributed by atoms with E-state index in [-0.39, 0.29) is 8.41 Å². The molecule has 16 heavy (non-hydrogen) atoms. The molecule has 0 nitrogen and oxygen atoms in total. The largest absolute Gasteiger partial charge is 0.0814 e. The number of benzene rings is 2. The minimum atomic E-state index is 0. The second-order valence-corrected chi connectivity index (χ2v) is 5.26. The van der Waals surface area contributed by atoms with Crippen molar-refractivity contribution in [1.29, 1.82) is 0 Å². The van der Waals surface area contributed by atoms with Gasteiger partial charge in [0.05, 0.1) is 8.41 Å². The van der Waals surface area contributed by atoms with Crippen LogP contribution in [0, 0.1) is 13.8 Å². The maximum absolute atomic E-state index is 2.22. The fourth-order valence-electron chi connectivity index (χ4n) is 1.44. The lowest BCUT2D eigenvalue weighted by Crippen LogP contribution is -2.02. The predicted molar refractivity (Wildman–Crippen MR) is 79.9 cm³/mol. The highest BCUT2D eigenvalue weighted by molar-refractivity contribution is 7.55. The summed E-state index contributed by atoms with van der Waals surface area (Å²) in [5.74, 6) is 0. The number of aryl methyl sites for hydroxylation is 2. The molecule has 0 bridgehead atoms. The van der Waals surface area contributed by atoms with E-state index in [1.165, 1.54) is 21.7 Å². The van der Waals surface area contributed by atoms with Crippen LogP contribution in [-0.2, 0) is 0 Å².